The standard InChI is InChI=1S/C28H24N4O5S2/c1-15-7-3-4-8-17(15)24-23-20(29-27(34)25-18-9-5-6-10-21(18)38-31-25)12-11-19(22(23)26(33)30-24)28(35)32-13-16(14-32)39(2,36)37/h3-12,16,24H,13-14H2,1-2H3,(H,29,34)(H,30,33). The van der Waals surface area contributed by atoms with Gasteiger partial charge in [-0.3, -0.25) is 14.4 Å². The molecule has 0 bridgehead atoms. The molecule has 0 aliphatic carbocycles. The van der Waals surface area contributed by atoms with Crippen LogP contribution in [0.3, 0.4) is 0 Å². The Kier molecular flexibility index (Phi) is 6.00. The first-order valence-electron chi connectivity index (χ1n) is 12.3. The third-order valence-electron chi connectivity index (χ3n) is 7.35. The quantitative estimate of drug-likeness (QED) is 0.385. The molecule has 198 valence electrons. The van der Waals surface area contributed by atoms with Gasteiger partial charge in [0.25, 0.3) is 17.7 Å². The number of nitrogens with zero attached hydrogens (tertiary/aromatic N) is 2. The Morgan fingerprint density at radius 2 is 1.77 bits per heavy atom. The van der Waals surface area contributed by atoms with Crippen LogP contribution < -0.4 is 10.6 Å². The second-order valence-corrected chi connectivity index (χ2v) is 13.0. The molecule has 6 rings (SSSR count). The maximum absolute atomic E-state index is 13.4. The van der Waals surface area contributed by atoms with Crippen LogP contribution in [-0.4, -0.2) is 60.0 Å². The largest absolute Gasteiger partial charge is 0.341 e. The molecule has 0 radical (unpaired) electrons. The summed E-state index contributed by atoms with van der Waals surface area (Å²) in [6.07, 6.45) is 1.15. The van der Waals surface area contributed by atoms with Crippen molar-refractivity contribution >= 4 is 54.9 Å². The van der Waals surface area contributed by atoms with Gasteiger partial charge in [0.05, 0.1) is 27.1 Å². The van der Waals surface area contributed by atoms with E-state index in [-0.39, 0.29) is 29.9 Å². The average Bonchev–Trinajstić information content (AvgIpc) is 3.45. The SMILES string of the molecule is Cc1ccccc1C1NC(=O)c2c(C(=O)N3CC(S(C)(=O)=O)C3)ccc(NC(=O)c3nsc4ccccc34)c21. The molecule has 3 heterocycles. The van der Waals surface area contributed by atoms with Crippen LogP contribution in [0.15, 0.2) is 60.7 Å². The van der Waals surface area contributed by atoms with Gasteiger partial charge in [0.15, 0.2) is 9.84 Å². The molecule has 1 aromatic heterocycles. The fourth-order valence-electron chi connectivity index (χ4n) is 5.15. The molecule has 1 unspecified atom stereocenters. The molecule has 0 saturated carbocycles. The van der Waals surface area contributed by atoms with Gasteiger partial charge in [0.2, 0.25) is 0 Å². The van der Waals surface area contributed by atoms with Gasteiger partial charge >= 0.3 is 0 Å². The van der Waals surface area contributed by atoms with E-state index in [1.807, 2.05) is 55.5 Å². The van der Waals surface area contributed by atoms with E-state index in [1.165, 1.54) is 22.5 Å². The van der Waals surface area contributed by atoms with Crippen molar-refractivity contribution in [2.24, 2.45) is 0 Å². The number of carbonyl (C=O) groups is 3. The Morgan fingerprint density at radius 1 is 1.05 bits per heavy atom. The van der Waals surface area contributed by atoms with Gasteiger partial charge in [0.1, 0.15) is 5.69 Å². The first-order chi connectivity index (χ1) is 18.6. The number of amides is 3. The van der Waals surface area contributed by atoms with Crippen LogP contribution >= 0.6 is 11.5 Å². The van der Waals surface area contributed by atoms with E-state index in [0.717, 1.165) is 27.5 Å². The molecule has 2 aliphatic heterocycles. The lowest BCUT2D eigenvalue weighted by atomic mass is 9.91. The maximum atomic E-state index is 13.4. The number of hydrogen-bond acceptors (Lipinski definition) is 7. The summed E-state index contributed by atoms with van der Waals surface area (Å²) in [6.45, 7) is 2.08. The zero-order chi connectivity index (χ0) is 27.5. The number of fused-ring (bicyclic) bond motifs is 2. The molecule has 1 atom stereocenters. The van der Waals surface area contributed by atoms with Crippen LogP contribution in [0.25, 0.3) is 10.1 Å². The predicted octanol–water partition coefficient (Wildman–Crippen LogP) is 3.56. The normalized spacial score (nSPS) is 17.0. The number of nitrogens with one attached hydrogen (secondary N) is 2. The van der Waals surface area contributed by atoms with E-state index in [4.69, 9.17) is 0 Å². The van der Waals surface area contributed by atoms with Gasteiger partial charge in [-0.15, -0.1) is 0 Å². The highest BCUT2D eigenvalue weighted by Crippen LogP contribution is 2.40. The van der Waals surface area contributed by atoms with Crippen molar-refractivity contribution in [3.63, 3.8) is 0 Å². The van der Waals surface area contributed by atoms with E-state index in [2.05, 4.69) is 15.0 Å². The molecule has 2 aliphatic rings. The Balaban J connectivity index is 1.42. The first-order valence-corrected chi connectivity index (χ1v) is 15.0. The predicted molar refractivity (Wildman–Crippen MR) is 149 cm³/mol. The van der Waals surface area contributed by atoms with Gasteiger partial charge in [0, 0.05) is 36.0 Å². The summed E-state index contributed by atoms with van der Waals surface area (Å²) in [4.78, 5) is 41.6. The Labute approximate surface area is 228 Å². The number of benzene rings is 3. The number of rotatable bonds is 5. The van der Waals surface area contributed by atoms with Crippen molar-refractivity contribution < 1.29 is 22.8 Å². The number of likely N-dealkylation sites (tertiary alicyclic amines) is 1. The molecule has 3 aromatic carbocycles. The molecule has 0 spiro atoms. The van der Waals surface area contributed by atoms with Crippen molar-refractivity contribution in [1.29, 1.82) is 0 Å². The number of anilines is 1. The van der Waals surface area contributed by atoms with Gasteiger partial charge < -0.3 is 15.5 Å². The topological polar surface area (TPSA) is 126 Å². The van der Waals surface area contributed by atoms with Gasteiger partial charge in [-0.25, -0.2) is 8.42 Å². The molecular weight excluding hydrogens is 536 g/mol. The summed E-state index contributed by atoms with van der Waals surface area (Å²) in [6, 6.07) is 17.6. The lowest BCUT2D eigenvalue weighted by Crippen LogP contribution is -2.56. The minimum absolute atomic E-state index is 0.0741. The molecule has 1 fully saturated rings. The summed E-state index contributed by atoms with van der Waals surface area (Å²) in [5, 5.41) is 6.03. The van der Waals surface area contributed by atoms with Crippen LogP contribution in [-0.2, 0) is 9.84 Å². The van der Waals surface area contributed by atoms with Crippen LogP contribution in [0.1, 0.15) is 53.9 Å². The summed E-state index contributed by atoms with van der Waals surface area (Å²) in [5.41, 5.74) is 3.29. The Bertz CT molecular complexity index is 1790. The zero-order valence-electron chi connectivity index (χ0n) is 21.1. The maximum Gasteiger partial charge on any atom is 0.276 e. The number of sulfone groups is 1. The van der Waals surface area contributed by atoms with Crippen LogP contribution in [0.5, 0.6) is 0 Å². The number of carbonyl (C=O) groups excluding carboxylic acids is 3. The van der Waals surface area contributed by atoms with Gasteiger partial charge in [-0.2, -0.15) is 4.37 Å². The summed E-state index contributed by atoms with van der Waals surface area (Å²) in [5.74, 6) is -1.28. The summed E-state index contributed by atoms with van der Waals surface area (Å²) in [7, 11) is -3.27. The van der Waals surface area contributed by atoms with Crippen LogP contribution in [0.4, 0.5) is 5.69 Å². The highest BCUT2D eigenvalue weighted by Gasteiger charge is 2.42. The van der Waals surface area contributed by atoms with Crippen molar-refractivity contribution in [3.05, 3.63) is 94.2 Å². The van der Waals surface area contributed by atoms with Crippen molar-refractivity contribution in [2.45, 2.75) is 18.2 Å². The minimum atomic E-state index is -3.27. The Hall–Kier alpha value is -4.09. The van der Waals surface area contributed by atoms with E-state index < -0.39 is 38.9 Å². The molecule has 3 amide bonds. The smallest absolute Gasteiger partial charge is 0.276 e. The molecule has 11 heteroatoms. The molecule has 9 nitrogen and oxygen atoms in total. The van der Waals surface area contributed by atoms with Gasteiger partial charge in [-0.1, -0.05) is 42.5 Å². The van der Waals surface area contributed by atoms with Crippen LogP contribution in [0, 0.1) is 6.92 Å². The summed E-state index contributed by atoms with van der Waals surface area (Å²) < 4.78 is 29.0. The number of hydrogen-bond donors (Lipinski definition) is 2. The Morgan fingerprint density at radius 3 is 2.51 bits per heavy atom. The zero-order valence-corrected chi connectivity index (χ0v) is 22.7. The third-order valence-corrected chi connectivity index (χ3v) is 9.68. The van der Waals surface area contributed by atoms with E-state index in [0.29, 0.717) is 11.3 Å². The van der Waals surface area contributed by atoms with E-state index in [1.54, 1.807) is 6.07 Å². The average molecular weight is 561 g/mol. The molecule has 4 aromatic rings. The fraction of sp³-hybridized carbons (Fsp3) is 0.214. The first kappa shape index (κ1) is 25.2. The molecule has 2 N–H and O–H groups in total. The van der Waals surface area contributed by atoms with E-state index in [9.17, 15) is 22.8 Å². The highest BCUT2D eigenvalue weighted by molar-refractivity contribution is 7.91. The van der Waals surface area contributed by atoms with E-state index >= 15 is 0 Å². The van der Waals surface area contributed by atoms with Crippen molar-refractivity contribution in [1.82, 2.24) is 14.6 Å². The highest BCUT2D eigenvalue weighted by atomic mass is 32.2. The second kappa shape index (κ2) is 9.28. The molecule has 1 saturated heterocycles. The number of aryl methyl sites for hydroxylation is 1. The van der Waals surface area contributed by atoms with Crippen LogP contribution in [0.2, 0.25) is 0 Å². The third kappa shape index (κ3) is 4.27. The minimum Gasteiger partial charge on any atom is -0.341 e. The lowest BCUT2D eigenvalue weighted by Gasteiger charge is -2.38. The fourth-order valence-corrected chi connectivity index (χ4v) is 6.82. The monoisotopic (exact) mass is 560 g/mol. The number of aromatic nitrogens is 1. The van der Waals surface area contributed by atoms with Crippen molar-refractivity contribution in [3.8, 4) is 0 Å². The van der Waals surface area contributed by atoms with Gasteiger partial charge in [-0.05, 0) is 47.8 Å². The molecule has 39 heavy (non-hydrogen) atoms. The van der Waals surface area contributed by atoms with Crippen molar-refractivity contribution in [2.75, 3.05) is 24.7 Å². The lowest BCUT2D eigenvalue weighted by molar-refractivity contribution is 0.0655. The summed E-state index contributed by atoms with van der Waals surface area (Å²) >= 11 is 1.23. The second-order valence-electron chi connectivity index (χ2n) is 9.86. The molecular formula is C28H24N4O5S2.